The molecule has 0 amide bonds. The average Bonchev–Trinajstić information content (AvgIpc) is 2.75. The van der Waals surface area contributed by atoms with Crippen LogP contribution in [0.5, 0.6) is 11.5 Å². The Morgan fingerprint density at radius 1 is 0.966 bits per heavy atom. The molecule has 3 aromatic carbocycles. The zero-order valence-corrected chi connectivity index (χ0v) is 17.3. The first-order valence-corrected chi connectivity index (χ1v) is 10.0. The zero-order valence-electron chi connectivity index (χ0n) is 15.8. The summed E-state index contributed by atoms with van der Waals surface area (Å²) in [7, 11) is 1.65. The van der Waals surface area contributed by atoms with Crippen molar-refractivity contribution < 1.29 is 15.2 Å². The highest BCUT2D eigenvalue weighted by Crippen LogP contribution is 2.31. The Balaban J connectivity index is 1.76. The summed E-state index contributed by atoms with van der Waals surface area (Å²) >= 11 is 12.4. The quantitative estimate of drug-likeness (QED) is 0.567. The number of hydrogen-bond donors (Lipinski definition) is 3. The van der Waals surface area contributed by atoms with E-state index in [0.717, 1.165) is 28.1 Å². The van der Waals surface area contributed by atoms with Crippen LogP contribution in [0.2, 0.25) is 10.0 Å². The van der Waals surface area contributed by atoms with Crippen LogP contribution in [0.25, 0.3) is 5.70 Å². The minimum atomic E-state index is -0.129. The van der Waals surface area contributed by atoms with Crippen molar-refractivity contribution in [2.75, 3.05) is 7.11 Å². The van der Waals surface area contributed by atoms with Crippen molar-refractivity contribution in [3.8, 4) is 11.5 Å². The van der Waals surface area contributed by atoms with Crippen LogP contribution < -0.4 is 15.4 Å². The first-order chi connectivity index (χ1) is 14.0. The lowest BCUT2D eigenvalue weighted by Crippen LogP contribution is -2.89. The number of aromatic hydroxyl groups is 1. The smallest absolute Gasteiger partial charge is 0.186 e. The number of benzene rings is 3. The van der Waals surface area contributed by atoms with Gasteiger partial charge in [0.25, 0.3) is 0 Å². The lowest BCUT2D eigenvalue weighted by Gasteiger charge is -2.30. The van der Waals surface area contributed by atoms with E-state index in [2.05, 4.69) is 16.7 Å². The molecule has 148 valence electrons. The van der Waals surface area contributed by atoms with Crippen LogP contribution in [-0.2, 0) is 0 Å². The minimum Gasteiger partial charge on any atom is -0.507 e. The number of phenols is 1. The number of phenolic OH excluding ortho intramolecular Hbond substituents is 1. The van der Waals surface area contributed by atoms with Gasteiger partial charge in [-0.05, 0) is 60.2 Å². The molecule has 0 spiro atoms. The van der Waals surface area contributed by atoms with Gasteiger partial charge >= 0.3 is 0 Å². The first-order valence-electron chi connectivity index (χ1n) is 9.25. The summed E-state index contributed by atoms with van der Waals surface area (Å²) in [4.78, 5) is 0. The van der Waals surface area contributed by atoms with Crippen molar-refractivity contribution in [1.82, 2.24) is 5.32 Å². The monoisotopic (exact) mass is 427 g/mol. The number of ether oxygens (including phenoxy) is 1. The Morgan fingerprint density at radius 3 is 2.45 bits per heavy atom. The maximum absolute atomic E-state index is 10.4. The van der Waals surface area contributed by atoms with E-state index in [-0.39, 0.29) is 18.0 Å². The molecule has 1 heterocycles. The third-order valence-corrected chi connectivity index (χ3v) is 5.48. The fourth-order valence-corrected chi connectivity index (χ4v) is 3.92. The summed E-state index contributed by atoms with van der Waals surface area (Å²) in [5.41, 5.74) is 3.79. The summed E-state index contributed by atoms with van der Waals surface area (Å²) in [6.45, 7) is 0. The van der Waals surface area contributed by atoms with E-state index < -0.39 is 0 Å². The normalized spacial score (nSPS) is 18.7. The molecular formula is C23H21Cl2N2O2+. The Labute approximate surface area is 179 Å². The maximum atomic E-state index is 10.4. The maximum Gasteiger partial charge on any atom is 0.186 e. The van der Waals surface area contributed by atoms with E-state index in [4.69, 9.17) is 27.9 Å². The van der Waals surface area contributed by atoms with Gasteiger partial charge in [0.1, 0.15) is 17.5 Å². The molecule has 3 aromatic rings. The van der Waals surface area contributed by atoms with E-state index in [1.165, 1.54) is 0 Å². The highest BCUT2D eigenvalue weighted by molar-refractivity contribution is 6.31. The molecule has 29 heavy (non-hydrogen) atoms. The third-order valence-electron chi connectivity index (χ3n) is 5.01. The molecule has 0 saturated carbocycles. The van der Waals surface area contributed by atoms with E-state index in [0.29, 0.717) is 10.0 Å². The van der Waals surface area contributed by atoms with E-state index >= 15 is 0 Å². The molecule has 0 saturated heterocycles. The van der Waals surface area contributed by atoms with Crippen molar-refractivity contribution in [2.24, 2.45) is 0 Å². The van der Waals surface area contributed by atoms with E-state index in [1.54, 1.807) is 25.3 Å². The number of hydrogen-bond acceptors (Lipinski definition) is 3. The van der Waals surface area contributed by atoms with Crippen LogP contribution in [0.4, 0.5) is 0 Å². The van der Waals surface area contributed by atoms with Crippen LogP contribution >= 0.6 is 23.2 Å². The summed E-state index contributed by atoms with van der Waals surface area (Å²) < 4.78 is 5.27. The van der Waals surface area contributed by atoms with Crippen LogP contribution in [0.3, 0.4) is 0 Å². The standard InChI is InChI=1S/C23H20Cl2N2O2/c1-29-18-8-5-14(6-9-18)20-13-21(19-12-17(25)7-10-22(19)28)27-23(26-20)15-3-2-4-16(24)11-15/h2-13,21,23,26-28H,1H3/p+1. The molecule has 1 aliphatic rings. The molecule has 4 N–H and O–H groups in total. The molecule has 0 radical (unpaired) electrons. The van der Waals surface area contributed by atoms with Gasteiger partial charge in [0.15, 0.2) is 6.17 Å². The minimum absolute atomic E-state index is 0.0841. The van der Waals surface area contributed by atoms with E-state index in [1.807, 2.05) is 48.5 Å². The Bertz CT molecular complexity index is 1050. The molecule has 2 unspecified atom stereocenters. The SMILES string of the molecule is COc1ccc(C2=CC(c3cc(Cl)ccc3O)[NH2+]C(c3cccc(Cl)c3)N2)cc1. The predicted octanol–water partition coefficient (Wildman–Crippen LogP) is 4.66. The molecule has 0 fully saturated rings. The van der Waals surface area contributed by atoms with Crippen LogP contribution in [-0.4, -0.2) is 12.2 Å². The third kappa shape index (κ3) is 4.35. The van der Waals surface area contributed by atoms with E-state index in [9.17, 15) is 5.11 Å². The van der Waals surface area contributed by atoms with Crippen molar-refractivity contribution in [2.45, 2.75) is 12.2 Å². The van der Waals surface area contributed by atoms with Gasteiger partial charge in [-0.2, -0.15) is 0 Å². The van der Waals surface area contributed by atoms with Gasteiger partial charge in [0, 0.05) is 27.4 Å². The molecule has 0 aromatic heterocycles. The van der Waals surface area contributed by atoms with Gasteiger partial charge in [-0.3, -0.25) is 0 Å². The Hall–Kier alpha value is -2.66. The topological polar surface area (TPSA) is 58.1 Å². The first kappa shape index (κ1) is 19.6. The fourth-order valence-electron chi connectivity index (χ4n) is 3.54. The lowest BCUT2D eigenvalue weighted by molar-refractivity contribution is -0.731. The number of nitrogens with one attached hydrogen (secondary N) is 1. The van der Waals surface area contributed by atoms with Crippen LogP contribution in [0.1, 0.15) is 28.9 Å². The second-order valence-electron chi connectivity index (χ2n) is 6.91. The Morgan fingerprint density at radius 2 is 1.72 bits per heavy atom. The summed E-state index contributed by atoms with van der Waals surface area (Å²) in [5, 5.41) is 17.4. The highest BCUT2D eigenvalue weighted by atomic mass is 35.5. The summed E-state index contributed by atoms with van der Waals surface area (Å²) in [6.07, 6.45) is 2.01. The van der Waals surface area contributed by atoms with Gasteiger partial charge in [-0.25, -0.2) is 0 Å². The predicted molar refractivity (Wildman–Crippen MR) is 116 cm³/mol. The fraction of sp³-hybridized carbons (Fsp3) is 0.130. The molecule has 4 rings (SSSR count). The van der Waals surface area contributed by atoms with Crippen molar-refractivity contribution >= 4 is 28.9 Å². The summed E-state index contributed by atoms with van der Waals surface area (Å²) in [6, 6.07) is 20.6. The molecule has 0 bridgehead atoms. The number of rotatable bonds is 4. The average molecular weight is 428 g/mol. The van der Waals surface area contributed by atoms with Crippen LogP contribution in [0.15, 0.2) is 72.8 Å². The molecule has 0 aliphatic carbocycles. The van der Waals surface area contributed by atoms with Gasteiger partial charge in [-0.1, -0.05) is 35.3 Å². The number of quaternary nitrogens is 1. The number of halogens is 2. The van der Waals surface area contributed by atoms with Gasteiger partial charge in [0.05, 0.1) is 12.7 Å². The van der Waals surface area contributed by atoms with Crippen molar-refractivity contribution in [3.05, 3.63) is 99.5 Å². The summed E-state index contributed by atoms with van der Waals surface area (Å²) in [5.74, 6) is 1.01. The van der Waals surface area contributed by atoms with Gasteiger partial charge in [-0.15, -0.1) is 0 Å². The number of methoxy groups -OCH3 is 1. The second-order valence-corrected chi connectivity index (χ2v) is 7.78. The zero-order chi connectivity index (χ0) is 20.4. The number of nitrogens with two attached hydrogens (primary N) is 1. The molecule has 2 atom stereocenters. The van der Waals surface area contributed by atoms with Crippen molar-refractivity contribution in [3.63, 3.8) is 0 Å². The largest absolute Gasteiger partial charge is 0.507 e. The second kappa shape index (κ2) is 8.37. The van der Waals surface area contributed by atoms with Crippen LogP contribution in [0, 0.1) is 0 Å². The van der Waals surface area contributed by atoms with Gasteiger partial charge in [0.2, 0.25) is 0 Å². The Kier molecular flexibility index (Phi) is 5.67. The van der Waals surface area contributed by atoms with Gasteiger partial charge < -0.3 is 20.5 Å². The molecule has 1 aliphatic heterocycles. The molecule has 4 nitrogen and oxygen atoms in total. The lowest BCUT2D eigenvalue weighted by atomic mass is 9.98. The molecular weight excluding hydrogens is 407 g/mol. The highest BCUT2D eigenvalue weighted by Gasteiger charge is 2.29. The molecule has 6 heteroatoms. The van der Waals surface area contributed by atoms with Crippen molar-refractivity contribution in [1.29, 1.82) is 0 Å².